The second-order valence-corrected chi connectivity index (χ2v) is 4.55. The molecule has 1 aromatic carbocycles. The van der Waals surface area contributed by atoms with Crippen LogP contribution in [0, 0.1) is 0 Å². The Labute approximate surface area is 114 Å². The van der Waals surface area contributed by atoms with Crippen molar-refractivity contribution in [3.05, 3.63) is 46.2 Å². The lowest BCUT2D eigenvalue weighted by atomic mass is 10.2. The van der Waals surface area contributed by atoms with Gasteiger partial charge in [-0.05, 0) is 23.6 Å². The van der Waals surface area contributed by atoms with Crippen molar-refractivity contribution in [3.8, 4) is 11.5 Å². The van der Waals surface area contributed by atoms with Gasteiger partial charge in [0.2, 0.25) is 0 Å². The molecule has 0 saturated heterocycles. The fraction of sp³-hybridized carbons (Fsp3) is 0.0769. The topological polar surface area (TPSA) is 70.9 Å². The molecule has 2 rings (SSSR count). The monoisotopic (exact) mass is 276 g/mol. The standard InChI is InChI=1S/C13H12N2O3S/c1-18-10-5-4-9(11(16)7-10)8-14-15-13(17)12-3-2-6-19-12/h2-8,16H,1H3,(H,15,17)/b14-8+. The van der Waals surface area contributed by atoms with Crippen molar-refractivity contribution in [1.82, 2.24) is 5.43 Å². The van der Waals surface area contributed by atoms with Gasteiger partial charge >= 0.3 is 0 Å². The molecule has 0 spiro atoms. The van der Waals surface area contributed by atoms with E-state index in [1.165, 1.54) is 30.7 Å². The zero-order chi connectivity index (χ0) is 13.7. The van der Waals surface area contributed by atoms with Crippen LogP contribution in [-0.4, -0.2) is 24.3 Å². The highest BCUT2D eigenvalue weighted by Crippen LogP contribution is 2.21. The summed E-state index contributed by atoms with van der Waals surface area (Å²) in [6.45, 7) is 0. The molecule has 0 bridgehead atoms. The molecule has 6 heteroatoms. The smallest absolute Gasteiger partial charge is 0.281 e. The number of hydrogen-bond donors (Lipinski definition) is 2. The van der Waals surface area contributed by atoms with Gasteiger partial charge in [-0.2, -0.15) is 5.10 Å². The number of ether oxygens (including phenoxy) is 1. The van der Waals surface area contributed by atoms with Crippen molar-refractivity contribution in [1.29, 1.82) is 0 Å². The summed E-state index contributed by atoms with van der Waals surface area (Å²) in [5.74, 6) is 0.310. The lowest BCUT2D eigenvalue weighted by Crippen LogP contribution is -2.16. The first-order valence-corrected chi connectivity index (χ1v) is 6.32. The van der Waals surface area contributed by atoms with Crippen LogP contribution in [-0.2, 0) is 0 Å². The van der Waals surface area contributed by atoms with Crippen LogP contribution in [0.4, 0.5) is 0 Å². The molecule has 1 aromatic heterocycles. The number of phenolic OH excluding ortho intramolecular Hbond substituents is 1. The van der Waals surface area contributed by atoms with Crippen LogP contribution in [0.1, 0.15) is 15.2 Å². The van der Waals surface area contributed by atoms with Gasteiger partial charge in [-0.1, -0.05) is 6.07 Å². The average molecular weight is 276 g/mol. The first-order chi connectivity index (χ1) is 9.20. The van der Waals surface area contributed by atoms with Gasteiger partial charge in [0, 0.05) is 11.6 Å². The molecule has 1 amide bonds. The molecule has 0 saturated carbocycles. The molecule has 0 aliphatic carbocycles. The van der Waals surface area contributed by atoms with Crippen molar-refractivity contribution in [2.24, 2.45) is 5.10 Å². The Morgan fingerprint density at radius 1 is 1.47 bits per heavy atom. The van der Waals surface area contributed by atoms with Gasteiger partial charge in [0.1, 0.15) is 11.5 Å². The third kappa shape index (κ3) is 3.32. The van der Waals surface area contributed by atoms with Crippen molar-refractivity contribution < 1.29 is 14.6 Å². The Balaban J connectivity index is 2.01. The number of nitrogens with zero attached hydrogens (tertiary/aromatic N) is 1. The van der Waals surface area contributed by atoms with E-state index in [2.05, 4.69) is 10.5 Å². The molecule has 0 aliphatic rings. The molecule has 19 heavy (non-hydrogen) atoms. The van der Waals surface area contributed by atoms with Gasteiger partial charge in [0.15, 0.2) is 0 Å². The van der Waals surface area contributed by atoms with E-state index >= 15 is 0 Å². The average Bonchev–Trinajstić information content (AvgIpc) is 2.94. The molecule has 2 N–H and O–H groups in total. The number of methoxy groups -OCH3 is 1. The summed E-state index contributed by atoms with van der Waals surface area (Å²) in [4.78, 5) is 12.2. The molecule has 98 valence electrons. The first kappa shape index (κ1) is 13.1. The predicted octanol–water partition coefficient (Wildman–Crippen LogP) is 2.23. The number of carbonyl (C=O) groups excluding carboxylic acids is 1. The van der Waals surface area contributed by atoms with Gasteiger partial charge in [-0.15, -0.1) is 11.3 Å². The highest BCUT2D eigenvalue weighted by atomic mass is 32.1. The summed E-state index contributed by atoms with van der Waals surface area (Å²) in [5, 5.41) is 15.3. The third-order valence-electron chi connectivity index (χ3n) is 2.35. The van der Waals surface area contributed by atoms with Crippen molar-refractivity contribution in [2.75, 3.05) is 7.11 Å². The van der Waals surface area contributed by atoms with E-state index in [4.69, 9.17) is 4.74 Å². The summed E-state index contributed by atoms with van der Waals surface area (Å²) in [7, 11) is 1.52. The number of carbonyl (C=O) groups is 1. The molecule has 0 aliphatic heterocycles. The fourth-order valence-corrected chi connectivity index (χ4v) is 2.00. The molecule has 2 aromatic rings. The Morgan fingerprint density at radius 2 is 2.32 bits per heavy atom. The normalized spacial score (nSPS) is 10.6. The zero-order valence-electron chi connectivity index (χ0n) is 10.2. The highest BCUT2D eigenvalue weighted by Gasteiger charge is 2.04. The van der Waals surface area contributed by atoms with Crippen LogP contribution in [0.25, 0.3) is 0 Å². The van der Waals surface area contributed by atoms with Crippen molar-refractivity contribution in [3.63, 3.8) is 0 Å². The number of hydrogen-bond acceptors (Lipinski definition) is 5. The minimum Gasteiger partial charge on any atom is -0.507 e. The fourth-order valence-electron chi connectivity index (χ4n) is 1.38. The van der Waals surface area contributed by atoms with E-state index in [1.54, 1.807) is 24.3 Å². The van der Waals surface area contributed by atoms with Gasteiger partial charge in [0.05, 0.1) is 18.2 Å². The number of rotatable bonds is 4. The van der Waals surface area contributed by atoms with E-state index < -0.39 is 0 Å². The molecular weight excluding hydrogens is 264 g/mol. The molecule has 0 radical (unpaired) electrons. The van der Waals surface area contributed by atoms with Gasteiger partial charge < -0.3 is 9.84 Å². The zero-order valence-corrected chi connectivity index (χ0v) is 11.0. The maximum absolute atomic E-state index is 11.6. The molecule has 0 fully saturated rings. The number of amides is 1. The number of hydrazone groups is 1. The predicted molar refractivity (Wildman–Crippen MR) is 74.0 cm³/mol. The number of thiophene rings is 1. The molecule has 0 unspecified atom stereocenters. The third-order valence-corrected chi connectivity index (χ3v) is 3.22. The van der Waals surface area contributed by atoms with Crippen LogP contribution in [0.15, 0.2) is 40.8 Å². The van der Waals surface area contributed by atoms with Crippen molar-refractivity contribution in [2.45, 2.75) is 0 Å². The number of nitrogens with one attached hydrogen (secondary N) is 1. The maximum atomic E-state index is 11.6. The van der Waals surface area contributed by atoms with Gasteiger partial charge in [-0.25, -0.2) is 5.43 Å². The minimum absolute atomic E-state index is 0.0356. The van der Waals surface area contributed by atoms with E-state index in [1.807, 2.05) is 5.38 Å². The Bertz CT molecular complexity index is 594. The first-order valence-electron chi connectivity index (χ1n) is 5.44. The van der Waals surface area contributed by atoms with Crippen LogP contribution in [0.3, 0.4) is 0 Å². The van der Waals surface area contributed by atoms with E-state index in [0.717, 1.165) is 0 Å². The second-order valence-electron chi connectivity index (χ2n) is 3.60. The van der Waals surface area contributed by atoms with Crippen LogP contribution in [0.2, 0.25) is 0 Å². The minimum atomic E-state index is -0.278. The van der Waals surface area contributed by atoms with E-state index in [-0.39, 0.29) is 11.7 Å². The van der Waals surface area contributed by atoms with Crippen LogP contribution >= 0.6 is 11.3 Å². The SMILES string of the molecule is COc1ccc(/C=N/NC(=O)c2cccs2)c(O)c1. The van der Waals surface area contributed by atoms with Gasteiger partial charge in [0.25, 0.3) is 5.91 Å². The van der Waals surface area contributed by atoms with Crippen LogP contribution in [0.5, 0.6) is 11.5 Å². The summed E-state index contributed by atoms with van der Waals surface area (Å²) >= 11 is 1.33. The maximum Gasteiger partial charge on any atom is 0.281 e. The molecule has 0 atom stereocenters. The lowest BCUT2D eigenvalue weighted by Gasteiger charge is -2.02. The van der Waals surface area contributed by atoms with E-state index in [0.29, 0.717) is 16.2 Å². The van der Waals surface area contributed by atoms with Crippen molar-refractivity contribution >= 4 is 23.5 Å². The lowest BCUT2D eigenvalue weighted by molar-refractivity contribution is 0.0959. The number of benzene rings is 1. The van der Waals surface area contributed by atoms with Gasteiger partial charge in [-0.3, -0.25) is 4.79 Å². The largest absolute Gasteiger partial charge is 0.507 e. The van der Waals surface area contributed by atoms with E-state index in [9.17, 15) is 9.90 Å². The molecule has 1 heterocycles. The Morgan fingerprint density at radius 3 is 2.95 bits per heavy atom. The highest BCUT2D eigenvalue weighted by molar-refractivity contribution is 7.12. The summed E-state index contributed by atoms with van der Waals surface area (Å²) in [5.41, 5.74) is 2.88. The number of phenols is 1. The summed E-state index contributed by atoms with van der Waals surface area (Å²) in [6.07, 6.45) is 1.38. The number of aromatic hydroxyl groups is 1. The molecule has 5 nitrogen and oxygen atoms in total. The second kappa shape index (κ2) is 6.01. The van der Waals surface area contributed by atoms with Crippen LogP contribution < -0.4 is 10.2 Å². The Kier molecular flexibility index (Phi) is 4.15. The summed E-state index contributed by atoms with van der Waals surface area (Å²) in [6, 6.07) is 8.32. The molecular formula is C13H12N2O3S. The quantitative estimate of drug-likeness (QED) is 0.664. The summed E-state index contributed by atoms with van der Waals surface area (Å²) < 4.78 is 4.97. The Hall–Kier alpha value is -2.34.